The Labute approximate surface area is 183 Å². The van der Waals surface area contributed by atoms with Crippen molar-refractivity contribution in [1.82, 2.24) is 0 Å². The first-order valence-corrected chi connectivity index (χ1v) is 11.3. The lowest BCUT2D eigenvalue weighted by Gasteiger charge is -2.17. The number of alkyl halides is 3. The standard InChI is InChI=1S/C20H20ClF3N4O2S/c1-11(2)10-31(29,30)14-5-3-12(4-6-14)18-15(20(22,23)24)7-13(8-16(18)21)27-19-26-9-17(25)28-19/h3-8,11H,9-10H2,1-2H3,(H3,25,26,27,28). The van der Waals surface area contributed by atoms with Gasteiger partial charge in [-0.15, -0.1) is 0 Å². The lowest BCUT2D eigenvalue weighted by molar-refractivity contribution is -0.137. The smallest absolute Gasteiger partial charge is 0.385 e. The summed E-state index contributed by atoms with van der Waals surface area (Å²) >= 11 is 6.23. The lowest BCUT2D eigenvalue weighted by atomic mass is 9.98. The zero-order valence-electron chi connectivity index (χ0n) is 16.7. The lowest BCUT2D eigenvalue weighted by Crippen LogP contribution is -2.14. The maximum atomic E-state index is 13.8. The molecule has 6 nitrogen and oxygen atoms in total. The molecule has 0 saturated carbocycles. The summed E-state index contributed by atoms with van der Waals surface area (Å²) in [6.07, 6.45) is -4.71. The SMILES string of the molecule is CC(C)CS(=O)(=O)c1ccc(-c2c(Cl)cc(NC3=NCC(N)=N3)cc2C(F)(F)F)cc1. The van der Waals surface area contributed by atoms with Gasteiger partial charge in [0.2, 0.25) is 5.96 Å². The highest BCUT2D eigenvalue weighted by molar-refractivity contribution is 7.91. The number of nitrogens with two attached hydrogens (primary N) is 1. The van der Waals surface area contributed by atoms with Crippen molar-refractivity contribution < 1.29 is 21.6 Å². The molecule has 166 valence electrons. The minimum atomic E-state index is -4.71. The predicted octanol–water partition coefficient (Wildman–Crippen LogP) is 4.59. The Morgan fingerprint density at radius 2 is 1.84 bits per heavy atom. The molecule has 0 spiro atoms. The van der Waals surface area contributed by atoms with Crippen LogP contribution >= 0.6 is 11.6 Å². The zero-order valence-corrected chi connectivity index (χ0v) is 18.2. The third kappa shape index (κ3) is 5.37. The molecule has 0 atom stereocenters. The van der Waals surface area contributed by atoms with Gasteiger partial charge in [-0.1, -0.05) is 37.6 Å². The van der Waals surface area contributed by atoms with Crippen LogP contribution in [0.25, 0.3) is 11.1 Å². The molecule has 31 heavy (non-hydrogen) atoms. The molecule has 3 rings (SSSR count). The summed E-state index contributed by atoms with van der Waals surface area (Å²) in [5.74, 6) is 0.195. The van der Waals surface area contributed by atoms with Crippen LogP contribution in [0.5, 0.6) is 0 Å². The fourth-order valence-corrected chi connectivity index (χ4v) is 5.07. The van der Waals surface area contributed by atoms with Gasteiger partial charge in [0.1, 0.15) is 12.4 Å². The summed E-state index contributed by atoms with van der Waals surface area (Å²) in [6, 6.07) is 7.45. The molecule has 0 aromatic heterocycles. The van der Waals surface area contributed by atoms with E-state index < -0.39 is 21.6 Å². The molecule has 1 aliphatic heterocycles. The van der Waals surface area contributed by atoms with Crippen LogP contribution < -0.4 is 11.1 Å². The molecule has 11 heteroatoms. The molecular formula is C20H20ClF3N4O2S. The Morgan fingerprint density at radius 1 is 1.19 bits per heavy atom. The number of guanidine groups is 1. The molecule has 1 aliphatic rings. The van der Waals surface area contributed by atoms with E-state index in [1.165, 1.54) is 30.3 Å². The summed E-state index contributed by atoms with van der Waals surface area (Å²) in [7, 11) is -3.53. The average Bonchev–Trinajstić information content (AvgIpc) is 3.04. The van der Waals surface area contributed by atoms with Crippen LogP contribution in [0.4, 0.5) is 18.9 Å². The van der Waals surface area contributed by atoms with Gasteiger partial charge in [-0.3, -0.25) is 0 Å². The Hall–Kier alpha value is -2.59. The van der Waals surface area contributed by atoms with Crippen LogP contribution in [0.1, 0.15) is 19.4 Å². The van der Waals surface area contributed by atoms with Crippen molar-refractivity contribution in [3.8, 4) is 11.1 Å². The van der Waals surface area contributed by atoms with Crippen LogP contribution in [-0.4, -0.2) is 32.5 Å². The van der Waals surface area contributed by atoms with E-state index >= 15 is 0 Å². The molecule has 0 saturated heterocycles. The molecule has 1 heterocycles. The van der Waals surface area contributed by atoms with E-state index in [-0.39, 0.29) is 56.7 Å². The number of nitrogens with one attached hydrogen (secondary N) is 1. The van der Waals surface area contributed by atoms with Crippen molar-refractivity contribution in [2.75, 3.05) is 17.6 Å². The molecule has 0 aliphatic carbocycles. The number of aliphatic imine (C=N–C) groups is 2. The van der Waals surface area contributed by atoms with Gasteiger partial charge in [0.25, 0.3) is 0 Å². The molecular weight excluding hydrogens is 453 g/mol. The van der Waals surface area contributed by atoms with Gasteiger partial charge < -0.3 is 11.1 Å². The van der Waals surface area contributed by atoms with Crippen molar-refractivity contribution >= 4 is 38.9 Å². The van der Waals surface area contributed by atoms with Gasteiger partial charge in [-0.2, -0.15) is 18.2 Å². The molecule has 2 aromatic rings. The van der Waals surface area contributed by atoms with Crippen molar-refractivity contribution in [3.05, 3.63) is 47.0 Å². The number of nitrogens with zero attached hydrogens (tertiary/aromatic N) is 2. The number of halogens is 4. The fraction of sp³-hybridized carbons (Fsp3) is 0.300. The van der Waals surface area contributed by atoms with E-state index in [0.717, 1.165) is 6.07 Å². The third-order valence-corrected chi connectivity index (χ3v) is 6.74. The molecule has 0 radical (unpaired) electrons. The molecule has 0 amide bonds. The summed E-state index contributed by atoms with van der Waals surface area (Å²) in [6.45, 7) is 3.70. The van der Waals surface area contributed by atoms with E-state index in [1.807, 2.05) is 0 Å². The third-order valence-electron chi connectivity index (χ3n) is 4.35. The number of amidine groups is 1. The second kappa shape index (κ2) is 8.51. The Balaban J connectivity index is 2.02. The van der Waals surface area contributed by atoms with Crippen LogP contribution in [-0.2, 0) is 16.0 Å². The van der Waals surface area contributed by atoms with Crippen molar-refractivity contribution in [1.29, 1.82) is 0 Å². The van der Waals surface area contributed by atoms with E-state index in [2.05, 4.69) is 15.3 Å². The van der Waals surface area contributed by atoms with Gasteiger partial charge in [0, 0.05) is 11.3 Å². The molecule has 0 bridgehead atoms. The van der Waals surface area contributed by atoms with Crippen LogP contribution in [0.2, 0.25) is 5.02 Å². The Morgan fingerprint density at radius 3 is 2.35 bits per heavy atom. The normalized spacial score (nSPS) is 14.5. The van der Waals surface area contributed by atoms with E-state index in [0.29, 0.717) is 0 Å². The first-order chi connectivity index (χ1) is 14.4. The second-order valence-corrected chi connectivity index (χ2v) is 9.89. The minimum Gasteiger partial charge on any atom is -0.385 e. The van der Waals surface area contributed by atoms with Crippen LogP contribution in [0, 0.1) is 5.92 Å². The average molecular weight is 473 g/mol. The summed E-state index contributed by atoms with van der Waals surface area (Å²) in [5, 5.41) is 2.51. The van der Waals surface area contributed by atoms with E-state index in [1.54, 1.807) is 13.8 Å². The van der Waals surface area contributed by atoms with E-state index in [4.69, 9.17) is 17.3 Å². The molecule has 0 fully saturated rings. The fourth-order valence-electron chi connectivity index (χ4n) is 3.12. The quantitative estimate of drug-likeness (QED) is 0.664. The van der Waals surface area contributed by atoms with Gasteiger partial charge in [-0.05, 0) is 35.7 Å². The molecule has 2 aromatic carbocycles. The highest BCUT2D eigenvalue weighted by atomic mass is 35.5. The first-order valence-electron chi connectivity index (χ1n) is 9.25. The number of rotatable bonds is 5. The largest absolute Gasteiger partial charge is 0.417 e. The molecule has 0 unspecified atom stereocenters. The second-order valence-electron chi connectivity index (χ2n) is 7.45. The number of hydrogen-bond donors (Lipinski definition) is 2. The number of benzene rings is 2. The number of anilines is 1. The number of hydrogen-bond acceptors (Lipinski definition) is 6. The maximum absolute atomic E-state index is 13.8. The van der Waals surface area contributed by atoms with Crippen LogP contribution in [0.15, 0.2) is 51.3 Å². The summed E-state index contributed by atoms with van der Waals surface area (Å²) in [5.41, 5.74) is 4.50. The summed E-state index contributed by atoms with van der Waals surface area (Å²) in [4.78, 5) is 7.90. The highest BCUT2D eigenvalue weighted by Gasteiger charge is 2.35. The Kier molecular flexibility index (Phi) is 6.33. The molecule has 3 N–H and O–H groups in total. The Bertz CT molecular complexity index is 1160. The number of sulfone groups is 1. The van der Waals surface area contributed by atoms with Crippen molar-refractivity contribution in [3.63, 3.8) is 0 Å². The van der Waals surface area contributed by atoms with Gasteiger partial charge in [0.05, 0.1) is 21.2 Å². The highest BCUT2D eigenvalue weighted by Crippen LogP contribution is 2.43. The maximum Gasteiger partial charge on any atom is 0.417 e. The van der Waals surface area contributed by atoms with Gasteiger partial charge in [0.15, 0.2) is 9.84 Å². The first kappa shape index (κ1) is 23.1. The van der Waals surface area contributed by atoms with Crippen molar-refractivity contribution in [2.24, 2.45) is 21.6 Å². The van der Waals surface area contributed by atoms with Crippen molar-refractivity contribution in [2.45, 2.75) is 24.9 Å². The zero-order chi connectivity index (χ0) is 23.0. The van der Waals surface area contributed by atoms with Gasteiger partial charge in [-0.25, -0.2) is 13.4 Å². The van der Waals surface area contributed by atoms with E-state index in [9.17, 15) is 21.6 Å². The summed E-state index contributed by atoms with van der Waals surface area (Å²) < 4.78 is 66.2. The topological polar surface area (TPSA) is 96.9 Å². The van der Waals surface area contributed by atoms with Gasteiger partial charge >= 0.3 is 6.18 Å². The van der Waals surface area contributed by atoms with Crippen LogP contribution in [0.3, 0.4) is 0 Å². The monoisotopic (exact) mass is 472 g/mol. The predicted molar refractivity (Wildman–Crippen MR) is 116 cm³/mol. The minimum absolute atomic E-state index is 0.0441.